The van der Waals surface area contributed by atoms with E-state index in [4.69, 9.17) is 11.5 Å². The molecule has 2 atom stereocenters. The zero-order chi connectivity index (χ0) is 13.4. The minimum absolute atomic E-state index is 0.405. The number of fused-ring (bicyclic) bond motifs is 1. The fourth-order valence-electron chi connectivity index (χ4n) is 1.96. The third-order valence-corrected chi connectivity index (χ3v) is 2.91. The van der Waals surface area contributed by atoms with Gasteiger partial charge in [-0.15, -0.1) is 0 Å². The van der Waals surface area contributed by atoms with Crippen molar-refractivity contribution in [2.75, 3.05) is 5.73 Å². The Morgan fingerprint density at radius 3 is 2.67 bits per heavy atom. The van der Waals surface area contributed by atoms with Gasteiger partial charge in [0.1, 0.15) is 18.0 Å². The Kier molecular flexibility index (Phi) is 2.96. The third-order valence-electron chi connectivity index (χ3n) is 2.91. The summed E-state index contributed by atoms with van der Waals surface area (Å²) in [5.74, 6) is -0.0741. The summed E-state index contributed by atoms with van der Waals surface area (Å²) in [6, 6.07) is 4.61. The molecule has 0 bridgehead atoms. The van der Waals surface area contributed by atoms with Crippen LogP contribution in [0.2, 0.25) is 0 Å². The number of anilines is 1. The number of rotatable bonds is 3. The van der Waals surface area contributed by atoms with Crippen LogP contribution in [0.4, 0.5) is 5.69 Å². The van der Waals surface area contributed by atoms with Crippen molar-refractivity contribution in [1.82, 2.24) is 9.55 Å². The molecular formula is C12H16N4O2. The van der Waals surface area contributed by atoms with E-state index >= 15 is 0 Å². The van der Waals surface area contributed by atoms with E-state index in [0.29, 0.717) is 17.0 Å². The van der Waals surface area contributed by atoms with E-state index in [1.165, 1.54) is 0 Å². The Labute approximate surface area is 104 Å². The molecular weight excluding hydrogens is 232 g/mol. The molecule has 18 heavy (non-hydrogen) atoms. The van der Waals surface area contributed by atoms with Gasteiger partial charge in [0.25, 0.3) is 0 Å². The molecule has 1 amide bonds. The standard InChI is InChI=1S/C12H16N4O2/c1-6(11(14)18)16-10-4-3-8(13)5-9(10)15-12(16)7(2)17/h3-7,17H,13H2,1-2H3,(H2,14,18). The molecule has 0 saturated carbocycles. The second kappa shape index (κ2) is 4.30. The highest BCUT2D eigenvalue weighted by Crippen LogP contribution is 2.26. The second-order valence-corrected chi connectivity index (χ2v) is 4.34. The quantitative estimate of drug-likeness (QED) is 0.695. The first-order valence-electron chi connectivity index (χ1n) is 5.66. The SMILES string of the molecule is CC(O)c1nc2cc(N)ccc2n1C(C)C(N)=O. The number of primary amides is 1. The van der Waals surface area contributed by atoms with Crippen LogP contribution in [-0.2, 0) is 4.79 Å². The van der Waals surface area contributed by atoms with Crippen molar-refractivity contribution in [3.8, 4) is 0 Å². The van der Waals surface area contributed by atoms with Crippen molar-refractivity contribution in [3.05, 3.63) is 24.0 Å². The van der Waals surface area contributed by atoms with Gasteiger partial charge in [-0.1, -0.05) is 0 Å². The summed E-state index contributed by atoms with van der Waals surface area (Å²) in [5.41, 5.74) is 13.0. The third kappa shape index (κ3) is 1.91. The van der Waals surface area contributed by atoms with Crippen LogP contribution in [0.15, 0.2) is 18.2 Å². The molecule has 0 radical (unpaired) electrons. The maximum Gasteiger partial charge on any atom is 0.240 e. The minimum atomic E-state index is -0.791. The van der Waals surface area contributed by atoms with Gasteiger partial charge in [-0.3, -0.25) is 4.79 Å². The van der Waals surface area contributed by atoms with Gasteiger partial charge in [0, 0.05) is 5.69 Å². The summed E-state index contributed by atoms with van der Waals surface area (Å²) in [5, 5.41) is 9.74. The average Bonchev–Trinajstić information content (AvgIpc) is 2.66. The molecule has 96 valence electrons. The van der Waals surface area contributed by atoms with Crippen LogP contribution in [0.5, 0.6) is 0 Å². The molecule has 0 aliphatic carbocycles. The molecule has 0 aliphatic heterocycles. The van der Waals surface area contributed by atoms with E-state index in [-0.39, 0.29) is 0 Å². The number of aromatic nitrogens is 2. The van der Waals surface area contributed by atoms with Crippen molar-refractivity contribution in [3.63, 3.8) is 0 Å². The number of amides is 1. The molecule has 6 nitrogen and oxygen atoms in total. The highest BCUT2D eigenvalue weighted by Gasteiger charge is 2.21. The van der Waals surface area contributed by atoms with Gasteiger partial charge < -0.3 is 21.1 Å². The average molecular weight is 248 g/mol. The first-order valence-corrected chi connectivity index (χ1v) is 5.66. The summed E-state index contributed by atoms with van der Waals surface area (Å²) < 4.78 is 1.64. The van der Waals surface area contributed by atoms with Gasteiger partial charge >= 0.3 is 0 Å². The normalized spacial score (nSPS) is 14.6. The zero-order valence-electron chi connectivity index (χ0n) is 10.3. The van der Waals surface area contributed by atoms with E-state index in [9.17, 15) is 9.90 Å². The van der Waals surface area contributed by atoms with Crippen molar-refractivity contribution in [2.45, 2.75) is 26.0 Å². The van der Waals surface area contributed by atoms with Crippen molar-refractivity contribution >= 4 is 22.6 Å². The number of hydrogen-bond acceptors (Lipinski definition) is 4. The summed E-state index contributed by atoms with van der Waals surface area (Å²) >= 11 is 0. The summed E-state index contributed by atoms with van der Waals surface area (Å²) in [6.45, 7) is 3.26. The Morgan fingerprint density at radius 1 is 1.44 bits per heavy atom. The van der Waals surface area contributed by atoms with Crippen molar-refractivity contribution in [1.29, 1.82) is 0 Å². The molecule has 0 fully saturated rings. The number of nitrogens with two attached hydrogens (primary N) is 2. The zero-order valence-corrected chi connectivity index (χ0v) is 10.3. The lowest BCUT2D eigenvalue weighted by Gasteiger charge is -2.15. The van der Waals surface area contributed by atoms with E-state index in [1.807, 2.05) is 0 Å². The topological polar surface area (TPSA) is 107 Å². The molecule has 6 heteroatoms. The molecule has 1 aromatic carbocycles. The fraction of sp³-hybridized carbons (Fsp3) is 0.333. The lowest BCUT2D eigenvalue weighted by Crippen LogP contribution is -2.25. The van der Waals surface area contributed by atoms with E-state index in [1.54, 1.807) is 36.6 Å². The molecule has 0 spiro atoms. The van der Waals surface area contributed by atoms with E-state index in [2.05, 4.69) is 4.98 Å². The Bertz CT molecular complexity index is 603. The smallest absolute Gasteiger partial charge is 0.240 e. The first kappa shape index (κ1) is 12.4. The number of imidazole rings is 1. The molecule has 0 aliphatic rings. The van der Waals surface area contributed by atoms with Crippen LogP contribution in [0.25, 0.3) is 11.0 Å². The van der Waals surface area contributed by atoms with Crippen LogP contribution in [-0.4, -0.2) is 20.6 Å². The monoisotopic (exact) mass is 248 g/mol. The lowest BCUT2D eigenvalue weighted by molar-refractivity contribution is -0.120. The van der Waals surface area contributed by atoms with Crippen LogP contribution < -0.4 is 11.5 Å². The highest BCUT2D eigenvalue weighted by atomic mass is 16.3. The number of carbonyl (C=O) groups is 1. The molecule has 1 heterocycles. The predicted octanol–water partition coefficient (Wildman–Crippen LogP) is 0.718. The number of hydrogen-bond donors (Lipinski definition) is 3. The molecule has 2 unspecified atom stereocenters. The Hall–Kier alpha value is -2.08. The maximum atomic E-state index is 11.4. The molecule has 0 saturated heterocycles. The maximum absolute atomic E-state index is 11.4. The summed E-state index contributed by atoms with van der Waals surface area (Å²) in [6.07, 6.45) is -0.791. The number of nitrogen functional groups attached to an aromatic ring is 1. The lowest BCUT2D eigenvalue weighted by atomic mass is 10.2. The largest absolute Gasteiger partial charge is 0.399 e. The number of carbonyl (C=O) groups excluding carboxylic acids is 1. The van der Waals surface area contributed by atoms with Gasteiger partial charge in [0.2, 0.25) is 5.91 Å². The van der Waals surface area contributed by atoms with Gasteiger partial charge in [0.05, 0.1) is 11.0 Å². The predicted molar refractivity (Wildman–Crippen MR) is 68.7 cm³/mol. The molecule has 5 N–H and O–H groups in total. The number of benzene rings is 1. The van der Waals surface area contributed by atoms with Gasteiger partial charge in [-0.2, -0.15) is 0 Å². The minimum Gasteiger partial charge on any atom is -0.399 e. The number of aliphatic hydroxyl groups excluding tert-OH is 1. The van der Waals surface area contributed by atoms with Crippen LogP contribution in [0.1, 0.15) is 31.8 Å². The van der Waals surface area contributed by atoms with Gasteiger partial charge in [-0.25, -0.2) is 4.98 Å². The van der Waals surface area contributed by atoms with Crippen LogP contribution in [0, 0.1) is 0 Å². The Morgan fingerprint density at radius 2 is 2.11 bits per heavy atom. The van der Waals surface area contributed by atoms with Crippen LogP contribution >= 0.6 is 0 Å². The molecule has 1 aromatic heterocycles. The Balaban J connectivity index is 2.74. The fourth-order valence-corrected chi connectivity index (χ4v) is 1.96. The molecule has 2 aromatic rings. The van der Waals surface area contributed by atoms with Crippen molar-refractivity contribution < 1.29 is 9.90 Å². The summed E-state index contributed by atoms with van der Waals surface area (Å²) in [7, 11) is 0. The highest BCUT2D eigenvalue weighted by molar-refractivity contribution is 5.84. The van der Waals surface area contributed by atoms with Gasteiger partial charge in [0.15, 0.2) is 0 Å². The van der Waals surface area contributed by atoms with E-state index < -0.39 is 18.1 Å². The molecule has 2 rings (SSSR count). The van der Waals surface area contributed by atoms with Gasteiger partial charge in [-0.05, 0) is 32.0 Å². The van der Waals surface area contributed by atoms with E-state index in [0.717, 1.165) is 5.52 Å². The second-order valence-electron chi connectivity index (χ2n) is 4.34. The summed E-state index contributed by atoms with van der Waals surface area (Å²) in [4.78, 5) is 15.7. The first-order chi connectivity index (χ1) is 8.41. The van der Waals surface area contributed by atoms with Crippen molar-refractivity contribution in [2.24, 2.45) is 5.73 Å². The number of nitrogens with zero attached hydrogens (tertiary/aromatic N) is 2. The van der Waals surface area contributed by atoms with Crippen LogP contribution in [0.3, 0.4) is 0 Å². The number of aliphatic hydroxyl groups is 1.